The van der Waals surface area contributed by atoms with E-state index in [0.29, 0.717) is 18.9 Å². The molecule has 1 aromatic heterocycles. The fourth-order valence-electron chi connectivity index (χ4n) is 3.95. The fraction of sp³-hybridized carbons (Fsp3) is 0.240. The molecular weight excluding hydrogens is 424 g/mol. The molecule has 4 rings (SSSR count). The molecule has 2 amide bonds. The second kappa shape index (κ2) is 9.94. The van der Waals surface area contributed by atoms with Gasteiger partial charge in [-0.1, -0.05) is 42.5 Å². The molecule has 0 N–H and O–H groups in total. The van der Waals surface area contributed by atoms with Crippen molar-refractivity contribution in [2.24, 2.45) is 0 Å². The summed E-state index contributed by atoms with van der Waals surface area (Å²) < 4.78 is 0. The lowest BCUT2D eigenvalue weighted by molar-refractivity contribution is -0.125. The van der Waals surface area contributed by atoms with Crippen molar-refractivity contribution in [2.45, 2.75) is 20.0 Å². The van der Waals surface area contributed by atoms with Gasteiger partial charge in [-0.2, -0.15) is 0 Å². The Hall–Kier alpha value is -3.22. The normalized spacial score (nSPS) is 14.2. The molecule has 7 heteroatoms. The van der Waals surface area contributed by atoms with Crippen LogP contribution in [-0.4, -0.2) is 47.2 Å². The molecule has 2 heterocycles. The number of aromatic nitrogens is 1. The number of carbonyl (C=O) groups is 2. The minimum absolute atomic E-state index is 0. The zero-order valence-corrected chi connectivity index (χ0v) is 19.3. The summed E-state index contributed by atoms with van der Waals surface area (Å²) in [6.07, 6.45) is 4.65. The van der Waals surface area contributed by atoms with E-state index in [4.69, 9.17) is 0 Å². The minimum Gasteiger partial charge on any atom is -0.338 e. The molecule has 0 saturated carbocycles. The average Bonchev–Trinajstić information content (AvgIpc) is 2.88. The summed E-state index contributed by atoms with van der Waals surface area (Å²) in [7, 11) is 3.66. The van der Waals surface area contributed by atoms with Gasteiger partial charge in [0.1, 0.15) is 5.82 Å². The molecule has 0 bridgehead atoms. The van der Waals surface area contributed by atoms with Gasteiger partial charge in [0.25, 0.3) is 0 Å². The Morgan fingerprint density at radius 2 is 1.84 bits per heavy atom. The summed E-state index contributed by atoms with van der Waals surface area (Å²) in [5.41, 5.74) is 3.25. The maximum atomic E-state index is 12.8. The monoisotopic (exact) mass is 450 g/mol. The molecule has 0 fully saturated rings. The van der Waals surface area contributed by atoms with Crippen LogP contribution in [0, 0.1) is 6.92 Å². The van der Waals surface area contributed by atoms with Crippen LogP contribution in [0.1, 0.15) is 16.7 Å². The smallest absolute Gasteiger partial charge is 0.248 e. The average molecular weight is 451 g/mol. The number of hydrogen-bond donors (Lipinski definition) is 0. The highest BCUT2D eigenvalue weighted by molar-refractivity contribution is 5.98. The van der Waals surface area contributed by atoms with Crippen molar-refractivity contribution in [3.8, 4) is 0 Å². The van der Waals surface area contributed by atoms with Crippen LogP contribution < -0.4 is 4.90 Å². The summed E-state index contributed by atoms with van der Waals surface area (Å²) in [5.74, 6) is 0.289. The van der Waals surface area contributed by atoms with Crippen LogP contribution >= 0.6 is 12.4 Å². The van der Waals surface area contributed by atoms with E-state index >= 15 is 0 Å². The number of aryl methyl sites for hydroxylation is 1. The van der Waals surface area contributed by atoms with Gasteiger partial charge in [0.15, 0.2) is 0 Å². The molecule has 3 aromatic rings. The molecule has 0 atom stereocenters. The van der Waals surface area contributed by atoms with Gasteiger partial charge in [0, 0.05) is 44.2 Å². The van der Waals surface area contributed by atoms with E-state index in [-0.39, 0.29) is 30.8 Å². The number of halogens is 1. The van der Waals surface area contributed by atoms with E-state index in [1.165, 1.54) is 21.9 Å². The number of amides is 2. The Balaban J connectivity index is 0.00000289. The summed E-state index contributed by atoms with van der Waals surface area (Å²) in [5, 5.41) is 2.34. The van der Waals surface area contributed by atoms with Crippen LogP contribution in [0.2, 0.25) is 0 Å². The molecule has 0 spiro atoms. The van der Waals surface area contributed by atoms with Gasteiger partial charge in [0.2, 0.25) is 11.8 Å². The van der Waals surface area contributed by atoms with Crippen molar-refractivity contribution >= 4 is 40.8 Å². The van der Waals surface area contributed by atoms with Gasteiger partial charge in [-0.25, -0.2) is 4.98 Å². The van der Waals surface area contributed by atoms with Gasteiger partial charge < -0.3 is 4.90 Å². The van der Waals surface area contributed by atoms with Crippen molar-refractivity contribution in [3.05, 3.63) is 83.7 Å². The molecule has 32 heavy (non-hydrogen) atoms. The standard InChI is InChI=1S/C25H26N4O2.ClH/c1-18-10-11-19(22-9-5-4-8-21(18)22)16-28(3)23(30)12-14-29-24(31)17-27(2)15-20-7-6-13-26-25(20)29;/h4-14H,15-17H2,1-3H3;1H. The Kier molecular flexibility index (Phi) is 7.28. The van der Waals surface area contributed by atoms with Crippen LogP contribution in [0.15, 0.2) is 67.0 Å². The lowest BCUT2D eigenvalue weighted by Crippen LogP contribution is -2.33. The topological polar surface area (TPSA) is 56.8 Å². The Labute approximate surface area is 194 Å². The maximum absolute atomic E-state index is 12.8. The Morgan fingerprint density at radius 1 is 1.09 bits per heavy atom. The van der Waals surface area contributed by atoms with Gasteiger partial charge in [0.05, 0.1) is 6.54 Å². The highest BCUT2D eigenvalue weighted by Crippen LogP contribution is 2.24. The van der Waals surface area contributed by atoms with Crippen LogP contribution in [0.5, 0.6) is 0 Å². The number of likely N-dealkylation sites (N-methyl/N-ethyl adjacent to an activating group) is 2. The van der Waals surface area contributed by atoms with Crippen LogP contribution in [0.3, 0.4) is 0 Å². The van der Waals surface area contributed by atoms with Crippen molar-refractivity contribution in [1.82, 2.24) is 14.8 Å². The molecule has 0 saturated heterocycles. The number of pyridine rings is 1. The number of anilines is 1. The molecule has 0 aliphatic carbocycles. The van der Waals surface area contributed by atoms with E-state index < -0.39 is 0 Å². The largest absolute Gasteiger partial charge is 0.338 e. The van der Waals surface area contributed by atoms with E-state index in [9.17, 15) is 9.59 Å². The third kappa shape index (κ3) is 4.82. The molecular formula is C25H27ClN4O2. The maximum Gasteiger partial charge on any atom is 0.248 e. The zero-order chi connectivity index (χ0) is 22.0. The molecule has 2 aromatic carbocycles. The number of fused-ring (bicyclic) bond motifs is 2. The van der Waals surface area contributed by atoms with Gasteiger partial charge in [-0.3, -0.25) is 19.4 Å². The second-order valence-corrected chi connectivity index (χ2v) is 8.02. The molecule has 6 nitrogen and oxygen atoms in total. The molecule has 0 radical (unpaired) electrons. The number of nitrogens with zero attached hydrogens (tertiary/aromatic N) is 4. The first-order valence-corrected chi connectivity index (χ1v) is 10.3. The first-order valence-electron chi connectivity index (χ1n) is 10.3. The summed E-state index contributed by atoms with van der Waals surface area (Å²) in [4.78, 5) is 35.0. The Morgan fingerprint density at radius 3 is 2.62 bits per heavy atom. The van der Waals surface area contributed by atoms with E-state index in [0.717, 1.165) is 16.5 Å². The van der Waals surface area contributed by atoms with Crippen LogP contribution in [-0.2, 0) is 22.7 Å². The first kappa shape index (κ1) is 23.4. The lowest BCUT2D eigenvalue weighted by Gasteiger charge is -2.19. The Bertz CT molecular complexity index is 1180. The molecule has 166 valence electrons. The summed E-state index contributed by atoms with van der Waals surface area (Å²) in [6.45, 7) is 3.47. The quantitative estimate of drug-likeness (QED) is 0.565. The van der Waals surface area contributed by atoms with E-state index in [1.807, 2.05) is 36.2 Å². The first-order chi connectivity index (χ1) is 14.9. The highest BCUT2D eigenvalue weighted by Gasteiger charge is 2.24. The lowest BCUT2D eigenvalue weighted by atomic mass is 10.00. The van der Waals surface area contributed by atoms with E-state index in [1.54, 1.807) is 24.3 Å². The minimum atomic E-state index is -0.174. The number of rotatable bonds is 4. The van der Waals surface area contributed by atoms with Gasteiger partial charge >= 0.3 is 0 Å². The van der Waals surface area contributed by atoms with Gasteiger partial charge in [-0.15, -0.1) is 12.4 Å². The predicted molar refractivity (Wildman–Crippen MR) is 130 cm³/mol. The van der Waals surface area contributed by atoms with Gasteiger partial charge in [-0.05, 0) is 41.9 Å². The third-order valence-corrected chi connectivity index (χ3v) is 5.59. The van der Waals surface area contributed by atoms with E-state index in [2.05, 4.69) is 36.2 Å². The number of hydrogen-bond acceptors (Lipinski definition) is 4. The van der Waals surface area contributed by atoms with Crippen LogP contribution in [0.4, 0.5) is 5.82 Å². The SMILES string of the molecule is Cc1ccc(CN(C)C(=O)C=CN2C(=O)CN(C)Cc3cccnc32)c2ccccc12.Cl. The zero-order valence-electron chi connectivity index (χ0n) is 18.5. The van der Waals surface area contributed by atoms with Crippen LogP contribution in [0.25, 0.3) is 10.8 Å². The van der Waals surface area contributed by atoms with Crippen molar-refractivity contribution in [1.29, 1.82) is 0 Å². The summed E-state index contributed by atoms with van der Waals surface area (Å²) >= 11 is 0. The fourth-order valence-corrected chi connectivity index (χ4v) is 3.95. The van der Waals surface area contributed by atoms with Crippen molar-refractivity contribution < 1.29 is 9.59 Å². The molecule has 0 unspecified atom stereocenters. The molecule has 1 aliphatic rings. The highest BCUT2D eigenvalue weighted by atomic mass is 35.5. The second-order valence-electron chi connectivity index (χ2n) is 8.02. The molecule has 1 aliphatic heterocycles. The third-order valence-electron chi connectivity index (χ3n) is 5.59. The predicted octanol–water partition coefficient (Wildman–Crippen LogP) is 3.92. The van der Waals surface area contributed by atoms with Crippen molar-refractivity contribution in [2.75, 3.05) is 25.5 Å². The number of benzene rings is 2. The number of carbonyl (C=O) groups excluding carboxylic acids is 2. The summed E-state index contributed by atoms with van der Waals surface area (Å²) in [6, 6.07) is 16.2. The van der Waals surface area contributed by atoms with Crippen molar-refractivity contribution in [3.63, 3.8) is 0 Å².